The highest BCUT2D eigenvalue weighted by Crippen LogP contribution is 2.14. The van der Waals surface area contributed by atoms with Crippen LogP contribution in [0.25, 0.3) is 0 Å². The zero-order valence-electron chi connectivity index (χ0n) is 9.02. The SMILES string of the molecule is CCCCN(C(=O)CO)c1ccccc1. The second-order valence-corrected chi connectivity index (χ2v) is 3.39. The van der Waals surface area contributed by atoms with Crippen LogP contribution in [0.3, 0.4) is 0 Å². The molecule has 0 fully saturated rings. The third kappa shape index (κ3) is 3.36. The van der Waals surface area contributed by atoms with E-state index in [-0.39, 0.29) is 5.91 Å². The predicted molar refractivity (Wildman–Crippen MR) is 60.8 cm³/mol. The number of carbonyl (C=O) groups is 1. The second kappa shape index (κ2) is 6.19. The fraction of sp³-hybridized carbons (Fsp3) is 0.417. The molecular weight excluding hydrogens is 190 g/mol. The van der Waals surface area contributed by atoms with Crippen molar-refractivity contribution in [3.8, 4) is 0 Å². The molecule has 1 N–H and O–H groups in total. The second-order valence-electron chi connectivity index (χ2n) is 3.39. The standard InChI is InChI=1S/C12H17NO2/c1-2-3-9-13(12(15)10-14)11-7-5-4-6-8-11/h4-8,14H,2-3,9-10H2,1H3. The average Bonchev–Trinajstić information content (AvgIpc) is 2.30. The largest absolute Gasteiger partial charge is 0.387 e. The van der Waals surface area contributed by atoms with Crippen molar-refractivity contribution >= 4 is 11.6 Å². The zero-order valence-corrected chi connectivity index (χ0v) is 9.02. The van der Waals surface area contributed by atoms with Crippen LogP contribution >= 0.6 is 0 Å². The summed E-state index contributed by atoms with van der Waals surface area (Å²) in [4.78, 5) is 13.1. The van der Waals surface area contributed by atoms with Crippen LogP contribution in [0.1, 0.15) is 19.8 Å². The molecule has 3 nitrogen and oxygen atoms in total. The Morgan fingerprint density at radius 3 is 2.53 bits per heavy atom. The molecule has 0 aliphatic heterocycles. The Labute approximate surface area is 90.3 Å². The van der Waals surface area contributed by atoms with Gasteiger partial charge >= 0.3 is 0 Å². The minimum Gasteiger partial charge on any atom is -0.387 e. The third-order valence-corrected chi connectivity index (χ3v) is 2.24. The quantitative estimate of drug-likeness (QED) is 0.800. The molecule has 0 aromatic heterocycles. The molecular formula is C12H17NO2. The van der Waals surface area contributed by atoms with Crippen LogP contribution in [0.15, 0.2) is 30.3 Å². The number of benzene rings is 1. The summed E-state index contributed by atoms with van der Waals surface area (Å²) < 4.78 is 0. The van der Waals surface area contributed by atoms with E-state index in [1.54, 1.807) is 4.90 Å². The van der Waals surface area contributed by atoms with Crippen molar-refractivity contribution in [1.82, 2.24) is 0 Å². The number of unbranched alkanes of at least 4 members (excludes halogenated alkanes) is 1. The molecule has 1 aromatic carbocycles. The molecule has 0 aliphatic carbocycles. The first kappa shape index (κ1) is 11.7. The monoisotopic (exact) mass is 207 g/mol. The Hall–Kier alpha value is -1.35. The van der Waals surface area contributed by atoms with Crippen LogP contribution in [0.5, 0.6) is 0 Å². The smallest absolute Gasteiger partial charge is 0.252 e. The molecule has 0 saturated heterocycles. The fourth-order valence-electron chi connectivity index (χ4n) is 1.41. The lowest BCUT2D eigenvalue weighted by Crippen LogP contribution is -2.34. The molecule has 0 aliphatic rings. The normalized spacial score (nSPS) is 10.0. The Morgan fingerprint density at radius 1 is 1.33 bits per heavy atom. The summed E-state index contributed by atoms with van der Waals surface area (Å²) in [6, 6.07) is 9.44. The topological polar surface area (TPSA) is 40.5 Å². The number of aliphatic hydroxyl groups is 1. The van der Waals surface area contributed by atoms with Gasteiger partial charge in [0.2, 0.25) is 0 Å². The summed E-state index contributed by atoms with van der Waals surface area (Å²) in [6.45, 7) is 2.31. The van der Waals surface area contributed by atoms with Crippen molar-refractivity contribution in [2.45, 2.75) is 19.8 Å². The average molecular weight is 207 g/mol. The fourth-order valence-corrected chi connectivity index (χ4v) is 1.41. The number of anilines is 1. The van der Waals surface area contributed by atoms with Gasteiger partial charge in [0.05, 0.1) is 0 Å². The van der Waals surface area contributed by atoms with E-state index in [2.05, 4.69) is 6.92 Å². The van der Waals surface area contributed by atoms with Crippen LogP contribution in [-0.2, 0) is 4.79 Å². The van der Waals surface area contributed by atoms with Gasteiger partial charge in [0, 0.05) is 12.2 Å². The Morgan fingerprint density at radius 2 is 2.00 bits per heavy atom. The van der Waals surface area contributed by atoms with E-state index in [1.165, 1.54) is 0 Å². The number of aliphatic hydroxyl groups excluding tert-OH is 1. The van der Waals surface area contributed by atoms with E-state index in [0.29, 0.717) is 6.54 Å². The third-order valence-electron chi connectivity index (χ3n) is 2.24. The van der Waals surface area contributed by atoms with Crippen LogP contribution in [0.4, 0.5) is 5.69 Å². The van der Waals surface area contributed by atoms with Gasteiger partial charge in [-0.15, -0.1) is 0 Å². The van der Waals surface area contributed by atoms with E-state index in [4.69, 9.17) is 5.11 Å². The summed E-state index contributed by atoms with van der Waals surface area (Å²) in [5, 5.41) is 8.87. The molecule has 0 spiro atoms. The van der Waals surface area contributed by atoms with Crippen molar-refractivity contribution < 1.29 is 9.90 Å². The number of amides is 1. The number of para-hydroxylation sites is 1. The Balaban J connectivity index is 2.76. The number of nitrogens with zero attached hydrogens (tertiary/aromatic N) is 1. The Bertz CT molecular complexity index is 298. The van der Waals surface area contributed by atoms with E-state index < -0.39 is 6.61 Å². The van der Waals surface area contributed by atoms with Gasteiger partial charge in [-0.2, -0.15) is 0 Å². The minimum atomic E-state index is -0.432. The van der Waals surface area contributed by atoms with Crippen LogP contribution in [-0.4, -0.2) is 24.2 Å². The first-order valence-corrected chi connectivity index (χ1v) is 5.26. The van der Waals surface area contributed by atoms with E-state index in [9.17, 15) is 4.79 Å². The lowest BCUT2D eigenvalue weighted by atomic mass is 10.2. The number of rotatable bonds is 5. The number of hydrogen-bond donors (Lipinski definition) is 1. The maximum absolute atomic E-state index is 11.5. The van der Waals surface area contributed by atoms with Crippen LogP contribution in [0, 0.1) is 0 Å². The molecule has 0 atom stereocenters. The van der Waals surface area contributed by atoms with Gasteiger partial charge in [0.1, 0.15) is 6.61 Å². The van der Waals surface area contributed by atoms with Crippen molar-refractivity contribution in [1.29, 1.82) is 0 Å². The number of hydrogen-bond acceptors (Lipinski definition) is 2. The number of carbonyl (C=O) groups excluding carboxylic acids is 1. The molecule has 82 valence electrons. The molecule has 1 aromatic rings. The van der Waals surface area contributed by atoms with Gasteiger partial charge < -0.3 is 10.0 Å². The molecule has 1 rings (SSSR count). The highest BCUT2D eigenvalue weighted by Gasteiger charge is 2.12. The maximum atomic E-state index is 11.5. The lowest BCUT2D eigenvalue weighted by Gasteiger charge is -2.21. The van der Waals surface area contributed by atoms with Gasteiger partial charge in [0.15, 0.2) is 0 Å². The summed E-state index contributed by atoms with van der Waals surface area (Å²) in [6.07, 6.45) is 1.97. The molecule has 0 heterocycles. The maximum Gasteiger partial charge on any atom is 0.252 e. The van der Waals surface area contributed by atoms with Gasteiger partial charge in [-0.1, -0.05) is 31.5 Å². The van der Waals surface area contributed by atoms with Crippen molar-refractivity contribution in [3.63, 3.8) is 0 Å². The molecule has 0 unspecified atom stereocenters. The summed E-state index contributed by atoms with van der Waals surface area (Å²) in [7, 11) is 0. The van der Waals surface area contributed by atoms with E-state index >= 15 is 0 Å². The van der Waals surface area contributed by atoms with Gasteiger partial charge in [-0.3, -0.25) is 4.79 Å². The summed E-state index contributed by atoms with van der Waals surface area (Å²) >= 11 is 0. The van der Waals surface area contributed by atoms with Gasteiger partial charge in [-0.25, -0.2) is 0 Å². The highest BCUT2D eigenvalue weighted by atomic mass is 16.3. The van der Waals surface area contributed by atoms with Crippen LogP contribution in [0.2, 0.25) is 0 Å². The first-order chi connectivity index (χ1) is 7.29. The molecule has 1 amide bonds. The molecule has 15 heavy (non-hydrogen) atoms. The van der Waals surface area contributed by atoms with E-state index in [0.717, 1.165) is 18.5 Å². The van der Waals surface area contributed by atoms with Gasteiger partial charge in [-0.05, 0) is 18.6 Å². The highest BCUT2D eigenvalue weighted by molar-refractivity contribution is 5.94. The first-order valence-electron chi connectivity index (χ1n) is 5.26. The molecule has 0 saturated carbocycles. The predicted octanol–water partition coefficient (Wildman–Crippen LogP) is 1.81. The summed E-state index contributed by atoms with van der Waals surface area (Å²) in [5.74, 6) is -0.241. The molecule has 3 heteroatoms. The van der Waals surface area contributed by atoms with E-state index in [1.807, 2.05) is 30.3 Å². The van der Waals surface area contributed by atoms with Crippen molar-refractivity contribution in [2.24, 2.45) is 0 Å². The van der Waals surface area contributed by atoms with Crippen LogP contribution < -0.4 is 4.90 Å². The molecule has 0 radical (unpaired) electrons. The minimum absolute atomic E-state index is 0.241. The van der Waals surface area contributed by atoms with Crippen molar-refractivity contribution in [3.05, 3.63) is 30.3 Å². The molecule has 0 bridgehead atoms. The van der Waals surface area contributed by atoms with Crippen molar-refractivity contribution in [2.75, 3.05) is 18.1 Å². The van der Waals surface area contributed by atoms with Gasteiger partial charge in [0.25, 0.3) is 5.91 Å². The lowest BCUT2D eigenvalue weighted by molar-refractivity contribution is -0.121. The zero-order chi connectivity index (χ0) is 11.1. The summed E-state index contributed by atoms with van der Waals surface area (Å²) in [5.41, 5.74) is 0.852. The Kier molecular flexibility index (Phi) is 4.84.